The molecule has 0 N–H and O–H groups in total. The van der Waals surface area contributed by atoms with Crippen LogP contribution in [0.1, 0.15) is 23.6 Å². The lowest BCUT2D eigenvalue weighted by Crippen LogP contribution is -2.35. The summed E-state index contributed by atoms with van der Waals surface area (Å²) in [7, 11) is 1.60. The number of aryl methyl sites for hydroxylation is 1. The van der Waals surface area contributed by atoms with Gasteiger partial charge in [0.25, 0.3) is 11.8 Å². The summed E-state index contributed by atoms with van der Waals surface area (Å²) in [5.74, 6) is 0.0799. The molecule has 0 radical (unpaired) electrons. The molecule has 32 heavy (non-hydrogen) atoms. The summed E-state index contributed by atoms with van der Waals surface area (Å²) < 4.78 is 5.27. The summed E-state index contributed by atoms with van der Waals surface area (Å²) in [5, 5.41) is 0. The minimum atomic E-state index is -0.313. The van der Waals surface area contributed by atoms with Crippen molar-refractivity contribution in [1.29, 1.82) is 0 Å². The Kier molecular flexibility index (Phi) is 6.08. The highest BCUT2D eigenvalue weighted by Gasteiger charge is 2.42. The largest absolute Gasteiger partial charge is 0.497 e. The molecule has 0 unspecified atom stereocenters. The average Bonchev–Trinajstić information content (AvgIpc) is 3.08. The second-order valence-electron chi connectivity index (χ2n) is 7.74. The fourth-order valence-corrected chi connectivity index (χ4v) is 3.98. The summed E-state index contributed by atoms with van der Waals surface area (Å²) in [4.78, 5) is 30.6. The third-order valence-corrected chi connectivity index (χ3v) is 5.61. The molecular formula is C27H26N2O3. The van der Waals surface area contributed by atoms with Gasteiger partial charge in [0.05, 0.1) is 18.4 Å². The molecule has 5 nitrogen and oxygen atoms in total. The first-order valence-corrected chi connectivity index (χ1v) is 10.7. The number of benzene rings is 3. The van der Waals surface area contributed by atoms with Gasteiger partial charge in [0.15, 0.2) is 0 Å². The van der Waals surface area contributed by atoms with Crippen LogP contribution in [0, 0.1) is 6.92 Å². The van der Waals surface area contributed by atoms with E-state index < -0.39 is 0 Å². The van der Waals surface area contributed by atoms with Crippen molar-refractivity contribution in [3.8, 4) is 5.75 Å². The highest BCUT2D eigenvalue weighted by molar-refractivity contribution is 6.45. The van der Waals surface area contributed by atoms with Gasteiger partial charge in [-0.2, -0.15) is 0 Å². The van der Waals surface area contributed by atoms with Crippen molar-refractivity contribution in [2.75, 3.05) is 18.6 Å². The lowest BCUT2D eigenvalue weighted by molar-refractivity contribution is -0.120. The van der Waals surface area contributed by atoms with E-state index in [1.165, 1.54) is 4.90 Å². The highest BCUT2D eigenvalue weighted by atomic mass is 16.5. The van der Waals surface area contributed by atoms with E-state index in [4.69, 9.17) is 4.74 Å². The Balaban J connectivity index is 1.83. The Bertz CT molecular complexity index is 1170. The molecule has 0 saturated carbocycles. The van der Waals surface area contributed by atoms with Gasteiger partial charge in [-0.15, -0.1) is 0 Å². The van der Waals surface area contributed by atoms with Crippen LogP contribution in [-0.4, -0.2) is 30.4 Å². The molecule has 3 aromatic carbocycles. The summed E-state index contributed by atoms with van der Waals surface area (Å²) in [6, 6.07) is 24.7. The predicted octanol–water partition coefficient (Wildman–Crippen LogP) is 4.81. The van der Waals surface area contributed by atoms with Crippen LogP contribution in [0.3, 0.4) is 0 Å². The fraction of sp³-hybridized carbons (Fsp3) is 0.185. The maximum Gasteiger partial charge on any atom is 0.282 e. The predicted molar refractivity (Wildman–Crippen MR) is 126 cm³/mol. The minimum Gasteiger partial charge on any atom is -0.497 e. The number of imide groups is 1. The molecule has 1 aliphatic rings. The number of likely N-dealkylation sites (N-methyl/N-ethyl adjacent to an activating group) is 1. The lowest BCUT2D eigenvalue weighted by atomic mass is 10.0. The van der Waals surface area contributed by atoms with Crippen LogP contribution in [0.5, 0.6) is 5.75 Å². The van der Waals surface area contributed by atoms with Crippen molar-refractivity contribution >= 4 is 23.1 Å². The maximum atomic E-state index is 13.7. The summed E-state index contributed by atoms with van der Waals surface area (Å²) in [5.41, 5.74) is 4.17. The van der Waals surface area contributed by atoms with E-state index in [0.29, 0.717) is 41.4 Å². The topological polar surface area (TPSA) is 49.9 Å². The molecule has 5 heteroatoms. The third-order valence-electron chi connectivity index (χ3n) is 5.61. The fourth-order valence-electron chi connectivity index (χ4n) is 3.98. The number of rotatable bonds is 7. The van der Waals surface area contributed by atoms with E-state index in [1.54, 1.807) is 25.3 Å². The highest BCUT2D eigenvalue weighted by Crippen LogP contribution is 2.36. The van der Waals surface area contributed by atoms with Crippen LogP contribution >= 0.6 is 0 Å². The molecule has 162 valence electrons. The molecule has 3 aromatic rings. The molecule has 0 aliphatic carbocycles. The maximum absolute atomic E-state index is 13.7. The summed E-state index contributed by atoms with van der Waals surface area (Å²) >= 11 is 0. The van der Waals surface area contributed by atoms with Gasteiger partial charge in [0.2, 0.25) is 0 Å². The van der Waals surface area contributed by atoms with Crippen LogP contribution in [0.2, 0.25) is 0 Å². The zero-order valence-electron chi connectivity index (χ0n) is 18.5. The number of anilines is 1. The Labute approximate surface area is 188 Å². The Hall–Kier alpha value is -3.86. The smallest absolute Gasteiger partial charge is 0.282 e. The van der Waals surface area contributed by atoms with Crippen LogP contribution in [0.4, 0.5) is 5.69 Å². The van der Waals surface area contributed by atoms with Gasteiger partial charge < -0.3 is 9.64 Å². The zero-order valence-corrected chi connectivity index (χ0v) is 18.5. The second-order valence-corrected chi connectivity index (χ2v) is 7.74. The first-order chi connectivity index (χ1) is 15.5. The van der Waals surface area contributed by atoms with Gasteiger partial charge in [0.1, 0.15) is 11.4 Å². The standard InChI is InChI=1S/C27H26N2O3/c1-4-28(18-20-10-6-5-7-11-20)25-24(21-13-15-23(32-3)16-14-21)26(30)29(27(25)31)22-12-8-9-19(2)17-22/h5-17H,4,18H2,1-3H3. The molecule has 4 rings (SSSR count). The number of carbonyl (C=O) groups is 2. The second kappa shape index (κ2) is 9.10. The number of methoxy groups -OCH3 is 1. The first-order valence-electron chi connectivity index (χ1n) is 10.7. The van der Waals surface area contributed by atoms with Crippen molar-refractivity contribution in [1.82, 2.24) is 4.90 Å². The van der Waals surface area contributed by atoms with E-state index in [-0.39, 0.29) is 11.8 Å². The third kappa shape index (κ3) is 4.02. The zero-order chi connectivity index (χ0) is 22.7. The molecule has 0 spiro atoms. The quantitative estimate of drug-likeness (QED) is 0.509. The van der Waals surface area contributed by atoms with Crippen molar-refractivity contribution in [2.45, 2.75) is 20.4 Å². The number of nitrogens with zero attached hydrogens (tertiary/aromatic N) is 2. The van der Waals surface area contributed by atoms with E-state index in [0.717, 1.165) is 11.1 Å². The first kappa shape index (κ1) is 21.4. The van der Waals surface area contributed by atoms with Crippen molar-refractivity contribution in [3.63, 3.8) is 0 Å². The minimum absolute atomic E-state index is 0.302. The number of hydrogen-bond donors (Lipinski definition) is 0. The SMILES string of the molecule is CCN(Cc1ccccc1)C1=C(c2ccc(OC)cc2)C(=O)N(c2cccc(C)c2)C1=O. The summed E-state index contributed by atoms with van der Waals surface area (Å²) in [6.45, 7) is 5.06. The van der Waals surface area contributed by atoms with Crippen molar-refractivity contribution in [2.24, 2.45) is 0 Å². The molecule has 0 saturated heterocycles. The Morgan fingerprint density at radius 2 is 1.59 bits per heavy atom. The Morgan fingerprint density at radius 3 is 2.22 bits per heavy atom. The van der Waals surface area contributed by atoms with Gasteiger partial charge in [-0.25, -0.2) is 4.90 Å². The van der Waals surface area contributed by atoms with Crippen LogP contribution in [0.25, 0.3) is 5.57 Å². The molecule has 1 heterocycles. The molecule has 0 fully saturated rings. The molecular weight excluding hydrogens is 400 g/mol. The van der Waals surface area contributed by atoms with E-state index in [2.05, 4.69) is 0 Å². The monoisotopic (exact) mass is 426 g/mol. The summed E-state index contributed by atoms with van der Waals surface area (Å²) in [6.07, 6.45) is 0. The molecule has 0 atom stereocenters. The van der Waals surface area contributed by atoms with E-state index in [9.17, 15) is 9.59 Å². The van der Waals surface area contributed by atoms with Crippen molar-refractivity contribution in [3.05, 3.63) is 101 Å². The van der Waals surface area contributed by atoms with Crippen LogP contribution in [-0.2, 0) is 16.1 Å². The molecule has 0 bridgehead atoms. The van der Waals surface area contributed by atoms with Gasteiger partial charge in [-0.1, -0.05) is 54.6 Å². The number of carbonyl (C=O) groups excluding carboxylic acids is 2. The molecule has 2 amide bonds. The lowest BCUT2D eigenvalue weighted by Gasteiger charge is -2.25. The van der Waals surface area contributed by atoms with E-state index in [1.807, 2.05) is 79.4 Å². The molecule has 1 aliphatic heterocycles. The number of amides is 2. The van der Waals surface area contributed by atoms with Gasteiger partial charge >= 0.3 is 0 Å². The normalized spacial score (nSPS) is 13.7. The van der Waals surface area contributed by atoms with Crippen LogP contribution < -0.4 is 9.64 Å². The Morgan fingerprint density at radius 1 is 0.875 bits per heavy atom. The molecule has 0 aromatic heterocycles. The van der Waals surface area contributed by atoms with Crippen LogP contribution in [0.15, 0.2) is 84.6 Å². The van der Waals surface area contributed by atoms with Gasteiger partial charge in [0, 0.05) is 13.1 Å². The number of hydrogen-bond acceptors (Lipinski definition) is 4. The number of ether oxygens (including phenoxy) is 1. The van der Waals surface area contributed by atoms with Gasteiger partial charge in [-0.3, -0.25) is 9.59 Å². The van der Waals surface area contributed by atoms with Gasteiger partial charge in [-0.05, 0) is 54.8 Å². The average molecular weight is 427 g/mol. The van der Waals surface area contributed by atoms with Crippen molar-refractivity contribution < 1.29 is 14.3 Å². The van der Waals surface area contributed by atoms with E-state index >= 15 is 0 Å².